The zero-order valence-electron chi connectivity index (χ0n) is 14.7. The molecule has 8 nitrogen and oxygen atoms in total. The number of aromatic nitrogens is 4. The first-order valence-electron chi connectivity index (χ1n) is 7.91. The number of thioether (sulfide) groups is 1. The van der Waals surface area contributed by atoms with Crippen molar-refractivity contribution in [2.75, 3.05) is 12.3 Å². The Morgan fingerprint density at radius 3 is 2.48 bits per heavy atom. The van der Waals surface area contributed by atoms with Crippen molar-refractivity contribution in [3.63, 3.8) is 0 Å². The predicted molar refractivity (Wildman–Crippen MR) is 95.6 cm³/mol. The van der Waals surface area contributed by atoms with E-state index in [2.05, 4.69) is 32.2 Å². The quantitative estimate of drug-likeness (QED) is 0.713. The topological polar surface area (TPSA) is 102 Å². The summed E-state index contributed by atoms with van der Waals surface area (Å²) < 4.78 is 1.60. The van der Waals surface area contributed by atoms with Crippen LogP contribution in [0.4, 0.5) is 0 Å². The van der Waals surface area contributed by atoms with Gasteiger partial charge in [-0.1, -0.05) is 17.8 Å². The fraction of sp³-hybridized carbons (Fsp3) is 0.438. The van der Waals surface area contributed by atoms with Crippen molar-refractivity contribution in [1.29, 1.82) is 0 Å². The first kappa shape index (κ1) is 18.9. The molecule has 0 radical (unpaired) electrons. The Bertz CT molecular complexity index is 739. The maximum atomic E-state index is 11.9. The van der Waals surface area contributed by atoms with Crippen molar-refractivity contribution in [1.82, 2.24) is 30.8 Å². The Labute approximate surface area is 150 Å². The number of tetrazole rings is 1. The lowest BCUT2D eigenvalue weighted by Gasteiger charge is -2.09. The van der Waals surface area contributed by atoms with E-state index in [1.807, 2.05) is 39.8 Å². The fourth-order valence-corrected chi connectivity index (χ4v) is 2.96. The summed E-state index contributed by atoms with van der Waals surface area (Å²) in [5.74, 6) is -0.340. The van der Waals surface area contributed by atoms with Crippen LogP contribution in [0.25, 0.3) is 5.69 Å². The highest BCUT2D eigenvalue weighted by molar-refractivity contribution is 7.99. The molecule has 0 aliphatic carbocycles. The van der Waals surface area contributed by atoms with Crippen molar-refractivity contribution >= 4 is 23.6 Å². The number of carbonyl (C=O) groups excluding carboxylic acids is 2. The molecule has 0 unspecified atom stereocenters. The smallest absolute Gasteiger partial charge is 0.239 e. The molecule has 0 atom stereocenters. The molecule has 1 aromatic carbocycles. The number of hydrogen-bond acceptors (Lipinski definition) is 6. The number of benzene rings is 1. The van der Waals surface area contributed by atoms with E-state index >= 15 is 0 Å². The molecule has 2 N–H and O–H groups in total. The van der Waals surface area contributed by atoms with E-state index in [1.54, 1.807) is 4.68 Å². The summed E-state index contributed by atoms with van der Waals surface area (Å²) in [6.45, 7) is 7.69. The molecule has 25 heavy (non-hydrogen) atoms. The SMILES string of the molecule is Cc1cc(C)cc(-n2nnnc2SCC(=O)NCC(=O)NC(C)C)c1. The number of aryl methyl sites for hydroxylation is 2. The van der Waals surface area contributed by atoms with E-state index in [4.69, 9.17) is 0 Å². The molecule has 2 rings (SSSR count). The molecule has 0 saturated carbocycles. The van der Waals surface area contributed by atoms with Gasteiger partial charge in [-0.25, -0.2) is 0 Å². The van der Waals surface area contributed by atoms with E-state index in [1.165, 1.54) is 11.8 Å². The van der Waals surface area contributed by atoms with Crippen LogP contribution >= 0.6 is 11.8 Å². The van der Waals surface area contributed by atoms with Crippen molar-refractivity contribution < 1.29 is 9.59 Å². The highest BCUT2D eigenvalue weighted by Gasteiger charge is 2.13. The van der Waals surface area contributed by atoms with Crippen LogP contribution in [-0.4, -0.2) is 50.4 Å². The predicted octanol–water partition coefficient (Wildman–Crippen LogP) is 1.01. The minimum absolute atomic E-state index is 0.0421. The molecule has 0 saturated heterocycles. The molecule has 0 aliphatic rings. The normalized spacial score (nSPS) is 10.8. The summed E-state index contributed by atoms with van der Waals surface area (Å²) >= 11 is 1.22. The maximum absolute atomic E-state index is 11.9. The first-order chi connectivity index (χ1) is 11.8. The third-order valence-electron chi connectivity index (χ3n) is 3.12. The number of hydrogen-bond donors (Lipinski definition) is 2. The van der Waals surface area contributed by atoms with Gasteiger partial charge in [-0.2, -0.15) is 4.68 Å². The van der Waals surface area contributed by atoms with Crippen LogP contribution < -0.4 is 10.6 Å². The van der Waals surface area contributed by atoms with Crippen LogP contribution in [0.3, 0.4) is 0 Å². The molecular formula is C16H22N6O2S. The molecule has 0 spiro atoms. The number of amides is 2. The Kier molecular flexibility index (Phi) is 6.51. The second kappa shape index (κ2) is 8.61. The zero-order valence-corrected chi connectivity index (χ0v) is 15.6. The highest BCUT2D eigenvalue weighted by atomic mass is 32.2. The summed E-state index contributed by atoms with van der Waals surface area (Å²) in [6, 6.07) is 6.06. The van der Waals surface area contributed by atoms with Crippen LogP contribution in [-0.2, 0) is 9.59 Å². The third kappa shape index (κ3) is 5.86. The molecule has 2 aromatic rings. The van der Waals surface area contributed by atoms with Crippen LogP contribution in [0.15, 0.2) is 23.4 Å². The molecule has 1 aromatic heterocycles. The van der Waals surface area contributed by atoms with Gasteiger partial charge in [-0.05, 0) is 61.4 Å². The van der Waals surface area contributed by atoms with Gasteiger partial charge >= 0.3 is 0 Å². The number of nitrogens with one attached hydrogen (secondary N) is 2. The molecular weight excluding hydrogens is 340 g/mol. The minimum Gasteiger partial charge on any atom is -0.352 e. The fourth-order valence-electron chi connectivity index (χ4n) is 2.24. The summed E-state index contributed by atoms with van der Waals surface area (Å²) in [4.78, 5) is 23.4. The largest absolute Gasteiger partial charge is 0.352 e. The van der Waals surface area contributed by atoms with Gasteiger partial charge < -0.3 is 10.6 Å². The number of carbonyl (C=O) groups is 2. The molecule has 2 amide bonds. The lowest BCUT2D eigenvalue weighted by atomic mass is 10.1. The minimum atomic E-state index is -0.251. The number of rotatable bonds is 7. The van der Waals surface area contributed by atoms with Gasteiger partial charge in [0.05, 0.1) is 18.0 Å². The van der Waals surface area contributed by atoms with E-state index in [9.17, 15) is 9.59 Å². The monoisotopic (exact) mass is 362 g/mol. The Morgan fingerprint density at radius 2 is 1.84 bits per heavy atom. The third-order valence-corrected chi connectivity index (χ3v) is 4.04. The summed E-state index contributed by atoms with van der Waals surface area (Å²) in [7, 11) is 0. The van der Waals surface area contributed by atoms with Gasteiger partial charge in [-0.3, -0.25) is 9.59 Å². The lowest BCUT2D eigenvalue weighted by Crippen LogP contribution is -2.40. The summed E-state index contributed by atoms with van der Waals surface area (Å²) in [5, 5.41) is 17.5. The first-order valence-corrected chi connectivity index (χ1v) is 8.89. The lowest BCUT2D eigenvalue weighted by molar-refractivity contribution is -0.125. The standard InChI is InChI=1S/C16H22N6O2S/c1-10(2)18-14(23)8-17-15(24)9-25-16-19-20-21-22(16)13-6-11(3)5-12(4)7-13/h5-7,10H,8-9H2,1-4H3,(H,17,24)(H,18,23). The summed E-state index contributed by atoms with van der Waals surface area (Å²) in [5.41, 5.74) is 3.06. The van der Waals surface area contributed by atoms with Crippen molar-refractivity contribution in [2.24, 2.45) is 0 Å². The van der Waals surface area contributed by atoms with E-state index in [-0.39, 0.29) is 30.2 Å². The van der Waals surface area contributed by atoms with Crippen molar-refractivity contribution in [3.8, 4) is 5.69 Å². The Balaban J connectivity index is 1.93. The van der Waals surface area contributed by atoms with Gasteiger partial charge in [0.1, 0.15) is 0 Å². The van der Waals surface area contributed by atoms with Crippen LogP contribution in [0.5, 0.6) is 0 Å². The number of nitrogens with zero attached hydrogens (tertiary/aromatic N) is 4. The second-order valence-electron chi connectivity index (χ2n) is 6.01. The Morgan fingerprint density at radius 1 is 1.16 bits per heavy atom. The summed E-state index contributed by atoms with van der Waals surface area (Å²) in [6.07, 6.45) is 0. The van der Waals surface area contributed by atoms with Gasteiger partial charge in [0, 0.05) is 6.04 Å². The van der Waals surface area contributed by atoms with Crippen LogP contribution in [0.1, 0.15) is 25.0 Å². The van der Waals surface area contributed by atoms with Crippen molar-refractivity contribution in [2.45, 2.75) is 38.9 Å². The van der Waals surface area contributed by atoms with E-state index < -0.39 is 0 Å². The average Bonchev–Trinajstić information content (AvgIpc) is 2.98. The molecule has 9 heteroatoms. The van der Waals surface area contributed by atoms with Gasteiger partial charge in [-0.15, -0.1) is 5.10 Å². The van der Waals surface area contributed by atoms with Gasteiger partial charge in [0.25, 0.3) is 0 Å². The van der Waals surface area contributed by atoms with Gasteiger partial charge in [0.2, 0.25) is 17.0 Å². The average molecular weight is 362 g/mol. The van der Waals surface area contributed by atoms with E-state index in [0.717, 1.165) is 16.8 Å². The van der Waals surface area contributed by atoms with Gasteiger partial charge in [0.15, 0.2) is 0 Å². The zero-order chi connectivity index (χ0) is 18.4. The Hall–Kier alpha value is -2.42. The maximum Gasteiger partial charge on any atom is 0.239 e. The van der Waals surface area contributed by atoms with E-state index in [0.29, 0.717) is 5.16 Å². The molecule has 1 heterocycles. The molecule has 0 aliphatic heterocycles. The van der Waals surface area contributed by atoms with Crippen LogP contribution in [0.2, 0.25) is 0 Å². The van der Waals surface area contributed by atoms with Crippen molar-refractivity contribution in [3.05, 3.63) is 29.3 Å². The molecule has 0 bridgehead atoms. The molecule has 134 valence electrons. The highest BCUT2D eigenvalue weighted by Crippen LogP contribution is 2.19. The second-order valence-corrected chi connectivity index (χ2v) is 6.95. The van der Waals surface area contributed by atoms with Crippen LogP contribution in [0, 0.1) is 13.8 Å². The molecule has 0 fully saturated rings.